The number of hydrogen-bond donors (Lipinski definition) is 1. The summed E-state index contributed by atoms with van der Waals surface area (Å²) in [5.74, 6) is 0. The predicted octanol–water partition coefficient (Wildman–Crippen LogP) is -0.628. The first-order chi connectivity index (χ1) is 3.27. The summed E-state index contributed by atoms with van der Waals surface area (Å²) < 4.78 is 4.30. The SMILES string of the molecule is COCN[N+](=O)[O-]. The largest absolute Gasteiger partial charge is 0.359 e. The first-order valence-electron chi connectivity index (χ1n) is 1.64. The zero-order valence-electron chi connectivity index (χ0n) is 3.88. The summed E-state index contributed by atoms with van der Waals surface area (Å²) in [4.78, 5) is 9.37. The van der Waals surface area contributed by atoms with Crippen LogP contribution < -0.4 is 5.43 Å². The van der Waals surface area contributed by atoms with Crippen molar-refractivity contribution >= 4 is 0 Å². The minimum atomic E-state index is -0.663. The second-order valence-electron chi connectivity index (χ2n) is 0.848. The average Bonchev–Trinajstić information content (AvgIpc) is 1.61. The van der Waals surface area contributed by atoms with Gasteiger partial charge in [0.15, 0.2) is 11.8 Å². The Morgan fingerprint density at radius 1 is 2.00 bits per heavy atom. The molecule has 7 heavy (non-hydrogen) atoms. The molecule has 0 radical (unpaired) electrons. The molecule has 0 aliphatic rings. The van der Waals surface area contributed by atoms with Crippen molar-refractivity contribution in [2.45, 2.75) is 0 Å². The molecule has 5 nitrogen and oxygen atoms in total. The number of nitrogens with zero attached hydrogens (tertiary/aromatic N) is 1. The van der Waals surface area contributed by atoms with E-state index in [1.165, 1.54) is 7.11 Å². The van der Waals surface area contributed by atoms with Crippen molar-refractivity contribution in [3.05, 3.63) is 10.1 Å². The van der Waals surface area contributed by atoms with E-state index in [9.17, 15) is 10.1 Å². The minimum Gasteiger partial charge on any atom is -0.359 e. The van der Waals surface area contributed by atoms with Crippen molar-refractivity contribution < 1.29 is 9.77 Å². The standard InChI is InChI=1S/C2H6N2O3/c1-7-2-3-4(5)6/h3H,2H2,1H3. The van der Waals surface area contributed by atoms with Gasteiger partial charge in [-0.1, -0.05) is 0 Å². The molecule has 0 spiro atoms. The fourth-order valence-electron chi connectivity index (χ4n) is 0.117. The van der Waals surface area contributed by atoms with Crippen LogP contribution in [0.5, 0.6) is 0 Å². The van der Waals surface area contributed by atoms with E-state index < -0.39 is 5.03 Å². The molecular formula is C2H6N2O3. The topological polar surface area (TPSA) is 64.4 Å². The monoisotopic (exact) mass is 106 g/mol. The summed E-state index contributed by atoms with van der Waals surface area (Å²) in [6.45, 7) is -0.0486. The highest BCUT2D eigenvalue weighted by atomic mass is 16.7. The number of nitrogens with one attached hydrogen (secondary N) is 1. The highest BCUT2D eigenvalue weighted by Gasteiger charge is 1.85. The van der Waals surface area contributed by atoms with E-state index in [2.05, 4.69) is 4.74 Å². The van der Waals surface area contributed by atoms with Crippen LogP contribution >= 0.6 is 0 Å². The van der Waals surface area contributed by atoms with Gasteiger partial charge in [-0.3, -0.25) is 0 Å². The number of ether oxygens (including phenoxy) is 1. The lowest BCUT2D eigenvalue weighted by Gasteiger charge is -1.90. The number of hydrazine groups is 1. The van der Waals surface area contributed by atoms with Gasteiger partial charge >= 0.3 is 0 Å². The molecular weight excluding hydrogens is 100 g/mol. The van der Waals surface area contributed by atoms with Gasteiger partial charge in [-0.05, 0) is 0 Å². The highest BCUT2D eigenvalue weighted by molar-refractivity contribution is 4.04. The molecule has 0 heterocycles. The number of rotatable bonds is 3. The molecule has 0 fully saturated rings. The fraction of sp³-hybridized carbons (Fsp3) is 1.00. The van der Waals surface area contributed by atoms with Crippen molar-refractivity contribution in [2.24, 2.45) is 0 Å². The third kappa shape index (κ3) is 5.16. The van der Waals surface area contributed by atoms with Crippen LogP contribution in [0.4, 0.5) is 0 Å². The zero-order valence-corrected chi connectivity index (χ0v) is 3.88. The van der Waals surface area contributed by atoms with Crippen molar-refractivity contribution in [2.75, 3.05) is 13.8 Å². The molecule has 0 amide bonds. The molecule has 0 aliphatic heterocycles. The van der Waals surface area contributed by atoms with Crippen LogP contribution in [0.25, 0.3) is 0 Å². The van der Waals surface area contributed by atoms with Gasteiger partial charge in [0.1, 0.15) is 0 Å². The maximum absolute atomic E-state index is 9.37. The third-order valence-corrected chi connectivity index (χ3v) is 0.338. The maximum Gasteiger partial charge on any atom is 0.173 e. The second-order valence-corrected chi connectivity index (χ2v) is 0.848. The van der Waals surface area contributed by atoms with Gasteiger partial charge in [0.2, 0.25) is 0 Å². The van der Waals surface area contributed by atoms with Crippen molar-refractivity contribution in [1.82, 2.24) is 5.43 Å². The van der Waals surface area contributed by atoms with Crippen LogP contribution in [-0.2, 0) is 4.74 Å². The van der Waals surface area contributed by atoms with Crippen LogP contribution in [-0.4, -0.2) is 18.9 Å². The Balaban J connectivity index is 2.82. The van der Waals surface area contributed by atoms with Crippen LogP contribution in [0, 0.1) is 10.1 Å². The molecule has 1 N–H and O–H groups in total. The van der Waals surface area contributed by atoms with Crippen LogP contribution in [0.1, 0.15) is 0 Å². The second kappa shape index (κ2) is 3.35. The molecule has 0 aromatic heterocycles. The van der Waals surface area contributed by atoms with Crippen LogP contribution in [0.2, 0.25) is 0 Å². The summed E-state index contributed by atoms with van der Waals surface area (Å²) >= 11 is 0. The molecule has 0 bridgehead atoms. The number of hydrogen-bond acceptors (Lipinski definition) is 3. The van der Waals surface area contributed by atoms with E-state index in [-0.39, 0.29) is 6.73 Å². The Kier molecular flexibility index (Phi) is 2.95. The maximum atomic E-state index is 9.37. The van der Waals surface area contributed by atoms with Gasteiger partial charge in [-0.25, -0.2) is 10.1 Å². The smallest absolute Gasteiger partial charge is 0.173 e. The fourth-order valence-corrected chi connectivity index (χ4v) is 0.117. The van der Waals surface area contributed by atoms with Crippen molar-refractivity contribution in [1.29, 1.82) is 0 Å². The molecule has 0 atom stereocenters. The summed E-state index contributed by atoms with van der Waals surface area (Å²) in [7, 11) is 1.37. The molecule has 0 aromatic carbocycles. The zero-order chi connectivity index (χ0) is 5.70. The first kappa shape index (κ1) is 6.16. The van der Waals surface area contributed by atoms with Gasteiger partial charge in [-0.2, -0.15) is 0 Å². The summed E-state index contributed by atoms with van der Waals surface area (Å²) in [6.07, 6.45) is 0. The molecule has 0 rings (SSSR count). The van der Waals surface area contributed by atoms with E-state index in [4.69, 9.17) is 0 Å². The molecule has 0 aromatic rings. The number of methoxy groups -OCH3 is 1. The molecule has 0 saturated carbocycles. The van der Waals surface area contributed by atoms with Crippen molar-refractivity contribution in [3.63, 3.8) is 0 Å². The molecule has 5 heteroatoms. The Morgan fingerprint density at radius 3 is 2.71 bits per heavy atom. The molecule has 0 unspecified atom stereocenters. The Labute approximate surface area is 40.4 Å². The minimum absolute atomic E-state index is 0.0486. The van der Waals surface area contributed by atoms with E-state index >= 15 is 0 Å². The van der Waals surface area contributed by atoms with E-state index in [1.54, 1.807) is 5.43 Å². The third-order valence-electron chi connectivity index (χ3n) is 0.338. The van der Waals surface area contributed by atoms with E-state index in [1.807, 2.05) is 0 Å². The van der Waals surface area contributed by atoms with E-state index in [0.29, 0.717) is 0 Å². The lowest BCUT2D eigenvalue weighted by atomic mass is 11.3. The normalized spacial score (nSPS) is 8.14. The Morgan fingerprint density at radius 2 is 2.57 bits per heavy atom. The lowest BCUT2D eigenvalue weighted by molar-refractivity contribution is -0.551. The molecule has 0 saturated heterocycles. The Bertz CT molecular complexity index is 64.0. The average molecular weight is 106 g/mol. The van der Waals surface area contributed by atoms with Gasteiger partial charge in [0.25, 0.3) is 0 Å². The molecule has 42 valence electrons. The van der Waals surface area contributed by atoms with Gasteiger partial charge in [0.05, 0.1) is 0 Å². The van der Waals surface area contributed by atoms with Gasteiger partial charge in [-0.15, -0.1) is 5.43 Å². The highest BCUT2D eigenvalue weighted by Crippen LogP contribution is 1.57. The van der Waals surface area contributed by atoms with Crippen LogP contribution in [0.15, 0.2) is 0 Å². The summed E-state index contributed by atoms with van der Waals surface area (Å²) in [5, 5.41) is 8.71. The molecule has 0 aliphatic carbocycles. The van der Waals surface area contributed by atoms with E-state index in [0.717, 1.165) is 0 Å². The summed E-state index contributed by atoms with van der Waals surface area (Å²) in [5.41, 5.74) is 1.80. The quantitative estimate of drug-likeness (QED) is 0.295. The van der Waals surface area contributed by atoms with Gasteiger partial charge in [0, 0.05) is 7.11 Å². The summed E-state index contributed by atoms with van der Waals surface area (Å²) in [6, 6.07) is 0. The van der Waals surface area contributed by atoms with Gasteiger partial charge < -0.3 is 4.74 Å². The predicted molar refractivity (Wildman–Crippen MR) is 22.0 cm³/mol. The Hall–Kier alpha value is -0.840. The van der Waals surface area contributed by atoms with Crippen LogP contribution in [0.3, 0.4) is 0 Å². The lowest BCUT2D eigenvalue weighted by Crippen LogP contribution is -2.23. The first-order valence-corrected chi connectivity index (χ1v) is 1.64. The van der Waals surface area contributed by atoms with Crippen molar-refractivity contribution in [3.8, 4) is 0 Å². The number of nitro groups is 1.